The van der Waals surface area contributed by atoms with Gasteiger partial charge >= 0.3 is 5.97 Å². The molecule has 1 fully saturated rings. The summed E-state index contributed by atoms with van der Waals surface area (Å²) in [5.74, 6) is -4.08. The average molecular weight is 444 g/mol. The molecule has 0 spiro atoms. The van der Waals surface area contributed by atoms with Crippen LogP contribution in [0.15, 0.2) is 0 Å². The molecule has 176 valence electrons. The molecule has 5 unspecified atom stereocenters. The van der Waals surface area contributed by atoms with E-state index in [-0.39, 0.29) is 25.3 Å². The lowest BCUT2D eigenvalue weighted by molar-refractivity contribution is -0.145. The number of aliphatic hydroxyl groups excluding tert-OH is 1. The van der Waals surface area contributed by atoms with Crippen molar-refractivity contribution in [3.05, 3.63) is 0 Å². The van der Waals surface area contributed by atoms with Crippen LogP contribution in [-0.2, 0) is 24.0 Å². The highest BCUT2D eigenvalue weighted by atomic mass is 16.4. The van der Waals surface area contributed by atoms with Crippen LogP contribution in [0.4, 0.5) is 0 Å². The van der Waals surface area contributed by atoms with Crippen molar-refractivity contribution in [3.8, 4) is 0 Å². The molecule has 0 aromatic rings. The van der Waals surface area contributed by atoms with E-state index >= 15 is 0 Å². The molecular formula is C19H33N5O7. The number of nitrogens with two attached hydrogens (primary N) is 2. The van der Waals surface area contributed by atoms with Crippen LogP contribution in [-0.4, -0.2) is 82.0 Å². The molecule has 1 heterocycles. The van der Waals surface area contributed by atoms with Crippen molar-refractivity contribution < 1.29 is 34.2 Å². The van der Waals surface area contributed by atoms with Crippen LogP contribution in [0.3, 0.4) is 0 Å². The van der Waals surface area contributed by atoms with Gasteiger partial charge in [-0.2, -0.15) is 0 Å². The van der Waals surface area contributed by atoms with E-state index < -0.39 is 60.4 Å². The first-order chi connectivity index (χ1) is 14.5. The SMILES string of the molecule is CCC(C)C(NC(=O)C(N)CO)C(=O)N1CCCC1C(=O)NC(CCC(N)=O)C(=O)O. The fraction of sp³-hybridized carbons (Fsp3) is 0.737. The number of aliphatic carboxylic acids is 1. The zero-order valence-corrected chi connectivity index (χ0v) is 17.9. The van der Waals surface area contributed by atoms with Crippen molar-refractivity contribution >= 4 is 29.6 Å². The second-order valence-corrected chi connectivity index (χ2v) is 7.75. The summed E-state index contributed by atoms with van der Waals surface area (Å²) in [6, 6.07) is -4.35. The van der Waals surface area contributed by atoms with E-state index in [2.05, 4.69) is 10.6 Å². The monoisotopic (exact) mass is 443 g/mol. The van der Waals surface area contributed by atoms with Gasteiger partial charge in [0.15, 0.2) is 0 Å². The molecule has 0 aromatic carbocycles. The highest BCUT2D eigenvalue weighted by Crippen LogP contribution is 2.22. The number of hydrogen-bond acceptors (Lipinski definition) is 7. The molecule has 0 aliphatic carbocycles. The third kappa shape index (κ3) is 7.47. The topological polar surface area (TPSA) is 205 Å². The van der Waals surface area contributed by atoms with Gasteiger partial charge in [0, 0.05) is 13.0 Å². The van der Waals surface area contributed by atoms with E-state index in [1.54, 1.807) is 6.92 Å². The van der Waals surface area contributed by atoms with Crippen molar-refractivity contribution in [2.75, 3.05) is 13.2 Å². The van der Waals surface area contributed by atoms with Crippen molar-refractivity contribution in [1.29, 1.82) is 0 Å². The number of carbonyl (C=O) groups excluding carboxylic acids is 4. The summed E-state index contributed by atoms with van der Waals surface area (Å²) >= 11 is 0. The van der Waals surface area contributed by atoms with Crippen molar-refractivity contribution in [2.45, 2.75) is 70.1 Å². The largest absolute Gasteiger partial charge is 0.480 e. The zero-order chi connectivity index (χ0) is 23.7. The van der Waals surface area contributed by atoms with Gasteiger partial charge in [0.25, 0.3) is 0 Å². The van der Waals surface area contributed by atoms with Gasteiger partial charge in [0.2, 0.25) is 23.6 Å². The molecule has 1 rings (SSSR count). The molecule has 12 heteroatoms. The van der Waals surface area contributed by atoms with Gasteiger partial charge in [-0.15, -0.1) is 0 Å². The molecule has 12 nitrogen and oxygen atoms in total. The summed E-state index contributed by atoms with van der Waals surface area (Å²) < 4.78 is 0. The number of likely N-dealkylation sites (tertiary alicyclic amines) is 1. The first-order valence-electron chi connectivity index (χ1n) is 10.3. The Labute approximate surface area is 180 Å². The van der Waals surface area contributed by atoms with Crippen LogP contribution in [0.5, 0.6) is 0 Å². The Morgan fingerprint density at radius 3 is 2.35 bits per heavy atom. The molecule has 1 aliphatic heterocycles. The Morgan fingerprint density at radius 2 is 1.84 bits per heavy atom. The Balaban J connectivity index is 2.95. The van der Waals surface area contributed by atoms with E-state index in [1.807, 2.05) is 6.92 Å². The smallest absolute Gasteiger partial charge is 0.326 e. The summed E-state index contributed by atoms with van der Waals surface area (Å²) in [6.07, 6.45) is 1.04. The lowest BCUT2D eigenvalue weighted by Crippen LogP contribution is -2.58. The van der Waals surface area contributed by atoms with Crippen molar-refractivity contribution in [2.24, 2.45) is 17.4 Å². The normalized spacial score (nSPS) is 19.7. The molecule has 8 N–H and O–H groups in total. The number of carbonyl (C=O) groups is 5. The molecule has 4 amide bonds. The number of aliphatic hydroxyl groups is 1. The number of nitrogens with one attached hydrogen (secondary N) is 2. The minimum absolute atomic E-state index is 0.165. The average Bonchev–Trinajstić information content (AvgIpc) is 3.22. The van der Waals surface area contributed by atoms with E-state index in [9.17, 15) is 29.1 Å². The molecular weight excluding hydrogens is 410 g/mol. The summed E-state index contributed by atoms with van der Waals surface area (Å²) in [4.78, 5) is 61.7. The summed E-state index contributed by atoms with van der Waals surface area (Å²) in [6.45, 7) is 3.30. The fourth-order valence-electron chi connectivity index (χ4n) is 3.32. The van der Waals surface area contributed by atoms with Crippen molar-refractivity contribution in [1.82, 2.24) is 15.5 Å². The molecule has 0 radical (unpaired) electrons. The minimum Gasteiger partial charge on any atom is -0.480 e. The van der Waals surface area contributed by atoms with Crippen LogP contribution >= 0.6 is 0 Å². The highest BCUT2D eigenvalue weighted by molar-refractivity contribution is 5.94. The van der Waals surface area contributed by atoms with E-state index in [0.29, 0.717) is 19.3 Å². The number of carboxylic acid groups (broad SMARTS) is 1. The maximum absolute atomic E-state index is 13.2. The molecule has 1 saturated heterocycles. The van der Waals surface area contributed by atoms with Gasteiger partial charge in [-0.05, 0) is 25.2 Å². The predicted octanol–water partition coefficient (Wildman–Crippen LogP) is -2.34. The third-order valence-corrected chi connectivity index (χ3v) is 5.44. The van der Waals surface area contributed by atoms with Gasteiger partial charge in [0.05, 0.1) is 6.61 Å². The van der Waals surface area contributed by atoms with Gasteiger partial charge in [0.1, 0.15) is 24.2 Å². The highest BCUT2D eigenvalue weighted by Gasteiger charge is 2.40. The van der Waals surface area contributed by atoms with Crippen molar-refractivity contribution in [3.63, 3.8) is 0 Å². The lowest BCUT2D eigenvalue weighted by Gasteiger charge is -2.32. The van der Waals surface area contributed by atoms with E-state index in [1.165, 1.54) is 4.90 Å². The minimum atomic E-state index is -1.31. The third-order valence-electron chi connectivity index (χ3n) is 5.44. The van der Waals surface area contributed by atoms with Gasteiger partial charge in [-0.25, -0.2) is 4.79 Å². The zero-order valence-electron chi connectivity index (χ0n) is 17.9. The Hall–Kier alpha value is -2.73. The summed E-state index contributed by atoms with van der Waals surface area (Å²) in [7, 11) is 0. The van der Waals surface area contributed by atoms with Gasteiger partial charge in [-0.3, -0.25) is 19.2 Å². The molecule has 31 heavy (non-hydrogen) atoms. The van der Waals surface area contributed by atoms with Gasteiger partial charge < -0.3 is 37.2 Å². The number of carboxylic acids is 1. The second kappa shape index (κ2) is 12.2. The quantitative estimate of drug-likeness (QED) is 0.192. The summed E-state index contributed by atoms with van der Waals surface area (Å²) in [5, 5.41) is 23.3. The van der Waals surface area contributed by atoms with Crippen LogP contribution in [0.1, 0.15) is 46.0 Å². The molecule has 0 saturated carbocycles. The maximum atomic E-state index is 13.2. The first-order valence-corrected chi connectivity index (χ1v) is 10.3. The number of rotatable bonds is 12. The molecule has 1 aliphatic rings. The number of primary amides is 1. The molecule has 0 aromatic heterocycles. The molecule has 5 atom stereocenters. The lowest BCUT2D eigenvalue weighted by atomic mass is 9.97. The molecule has 0 bridgehead atoms. The first kappa shape index (κ1) is 26.3. The van der Waals surface area contributed by atoms with Gasteiger partial charge in [-0.1, -0.05) is 20.3 Å². The number of nitrogens with zero attached hydrogens (tertiary/aromatic N) is 1. The predicted molar refractivity (Wildman–Crippen MR) is 109 cm³/mol. The fourth-order valence-corrected chi connectivity index (χ4v) is 3.32. The van der Waals surface area contributed by atoms with Crippen LogP contribution in [0, 0.1) is 5.92 Å². The van der Waals surface area contributed by atoms with E-state index in [4.69, 9.17) is 16.6 Å². The summed E-state index contributed by atoms with van der Waals surface area (Å²) in [5.41, 5.74) is 10.6. The second-order valence-electron chi connectivity index (χ2n) is 7.75. The van der Waals surface area contributed by atoms with Crippen LogP contribution in [0.25, 0.3) is 0 Å². The van der Waals surface area contributed by atoms with Crippen LogP contribution < -0.4 is 22.1 Å². The Kier molecular flexibility index (Phi) is 10.4. The van der Waals surface area contributed by atoms with Crippen LogP contribution in [0.2, 0.25) is 0 Å². The Morgan fingerprint density at radius 1 is 1.19 bits per heavy atom. The van der Waals surface area contributed by atoms with E-state index in [0.717, 1.165) is 0 Å². The maximum Gasteiger partial charge on any atom is 0.326 e. The number of hydrogen-bond donors (Lipinski definition) is 6. The number of amides is 4. The Bertz CT molecular complexity index is 687. The standard InChI is InChI=1S/C19H33N5O7/c1-3-10(2)15(23-16(27)11(20)9-25)18(29)24-8-4-5-13(24)17(28)22-12(19(30)31)6-7-14(21)26/h10-13,15,25H,3-9,20H2,1-2H3,(H2,21,26)(H,22,28)(H,23,27)(H,30,31).